The van der Waals surface area contributed by atoms with Gasteiger partial charge in [-0.3, -0.25) is 4.79 Å². The fourth-order valence-electron chi connectivity index (χ4n) is 3.19. The lowest BCUT2D eigenvalue weighted by atomic mass is 10.0. The summed E-state index contributed by atoms with van der Waals surface area (Å²) < 4.78 is 16.9. The molecule has 0 atom stereocenters. The summed E-state index contributed by atoms with van der Waals surface area (Å²) in [6.07, 6.45) is 0. The molecule has 0 aliphatic carbocycles. The Morgan fingerprint density at radius 3 is 2.42 bits per heavy atom. The van der Waals surface area contributed by atoms with Crippen molar-refractivity contribution in [1.29, 1.82) is 0 Å². The van der Waals surface area contributed by atoms with E-state index in [1.165, 1.54) is 11.3 Å². The van der Waals surface area contributed by atoms with E-state index in [-0.39, 0.29) is 12.5 Å². The SMILES string of the molecule is CCOC(=O)c1c(NC(=O)c2ccccc2I)sc(C)c1-c1ccc(OC)c(OC)c1. The van der Waals surface area contributed by atoms with Crippen LogP contribution in [0.15, 0.2) is 42.5 Å². The van der Waals surface area contributed by atoms with E-state index in [4.69, 9.17) is 14.2 Å². The Kier molecular flexibility index (Phi) is 7.55. The highest BCUT2D eigenvalue weighted by atomic mass is 127. The number of carbonyl (C=O) groups is 2. The predicted octanol–water partition coefficient (Wildman–Crippen LogP) is 5.77. The molecular weight excluding hydrogens is 529 g/mol. The lowest BCUT2D eigenvalue weighted by Gasteiger charge is -2.12. The molecule has 162 valence electrons. The number of amides is 1. The van der Waals surface area contributed by atoms with Crippen molar-refractivity contribution in [3.05, 3.63) is 62.0 Å². The van der Waals surface area contributed by atoms with Crippen LogP contribution in [-0.2, 0) is 4.74 Å². The van der Waals surface area contributed by atoms with E-state index in [1.54, 1.807) is 39.3 Å². The molecule has 0 radical (unpaired) electrons. The standard InChI is InChI=1S/C23H22INO5S/c1-5-30-23(27)20-19(14-10-11-17(28-3)18(12-14)29-4)13(2)31-22(20)25-21(26)15-8-6-7-9-16(15)24/h6-12H,5H2,1-4H3,(H,25,26). The third kappa shape index (κ3) is 4.85. The first kappa shape index (κ1) is 23.1. The number of aryl methyl sites for hydroxylation is 1. The molecule has 0 unspecified atom stereocenters. The van der Waals surface area contributed by atoms with Crippen LogP contribution in [0.5, 0.6) is 11.5 Å². The van der Waals surface area contributed by atoms with E-state index in [9.17, 15) is 9.59 Å². The van der Waals surface area contributed by atoms with Crippen LogP contribution in [0.2, 0.25) is 0 Å². The van der Waals surface area contributed by atoms with Gasteiger partial charge in [0.15, 0.2) is 11.5 Å². The number of nitrogens with one attached hydrogen (secondary N) is 1. The highest BCUT2D eigenvalue weighted by Gasteiger charge is 2.26. The molecule has 1 heterocycles. The van der Waals surface area contributed by atoms with Crippen LogP contribution < -0.4 is 14.8 Å². The Labute approximate surface area is 198 Å². The first-order valence-electron chi connectivity index (χ1n) is 9.50. The Morgan fingerprint density at radius 1 is 1.06 bits per heavy atom. The van der Waals surface area contributed by atoms with Gasteiger partial charge in [-0.1, -0.05) is 18.2 Å². The Hall–Kier alpha value is -2.59. The van der Waals surface area contributed by atoms with Gasteiger partial charge in [-0.05, 0) is 66.3 Å². The molecule has 8 heteroatoms. The molecule has 0 aliphatic rings. The summed E-state index contributed by atoms with van der Waals surface area (Å²) in [5.41, 5.74) is 2.33. The van der Waals surface area contributed by atoms with Gasteiger partial charge < -0.3 is 19.5 Å². The van der Waals surface area contributed by atoms with Crippen molar-refractivity contribution in [2.45, 2.75) is 13.8 Å². The molecule has 3 aromatic rings. The maximum Gasteiger partial charge on any atom is 0.341 e. The average molecular weight is 551 g/mol. The van der Waals surface area contributed by atoms with E-state index >= 15 is 0 Å². The van der Waals surface area contributed by atoms with Gasteiger partial charge in [-0.25, -0.2) is 4.79 Å². The minimum atomic E-state index is -0.491. The monoisotopic (exact) mass is 551 g/mol. The molecule has 2 aromatic carbocycles. The smallest absolute Gasteiger partial charge is 0.341 e. The highest BCUT2D eigenvalue weighted by molar-refractivity contribution is 14.1. The number of hydrogen-bond acceptors (Lipinski definition) is 6. The van der Waals surface area contributed by atoms with Crippen LogP contribution in [0.25, 0.3) is 11.1 Å². The second-order valence-corrected chi connectivity index (χ2v) is 8.85. The van der Waals surface area contributed by atoms with Gasteiger partial charge >= 0.3 is 5.97 Å². The first-order chi connectivity index (χ1) is 14.9. The second kappa shape index (κ2) is 10.1. The van der Waals surface area contributed by atoms with E-state index < -0.39 is 5.97 Å². The molecule has 1 aromatic heterocycles. The number of carbonyl (C=O) groups excluding carboxylic acids is 2. The number of benzene rings is 2. The number of hydrogen-bond donors (Lipinski definition) is 1. The van der Waals surface area contributed by atoms with Crippen LogP contribution in [0.1, 0.15) is 32.5 Å². The van der Waals surface area contributed by atoms with Crippen LogP contribution in [0.4, 0.5) is 5.00 Å². The average Bonchev–Trinajstić information content (AvgIpc) is 3.09. The minimum absolute atomic E-state index is 0.225. The van der Waals surface area contributed by atoms with E-state index in [2.05, 4.69) is 27.9 Å². The quantitative estimate of drug-likeness (QED) is 0.298. The molecule has 6 nitrogen and oxygen atoms in total. The largest absolute Gasteiger partial charge is 0.493 e. The number of rotatable bonds is 7. The molecule has 0 fully saturated rings. The molecule has 0 bridgehead atoms. The normalized spacial score (nSPS) is 10.5. The highest BCUT2D eigenvalue weighted by Crippen LogP contribution is 2.43. The van der Waals surface area contributed by atoms with Gasteiger partial charge in [0.25, 0.3) is 5.91 Å². The molecule has 0 saturated carbocycles. The van der Waals surface area contributed by atoms with Crippen LogP contribution in [0, 0.1) is 10.5 Å². The summed E-state index contributed by atoms with van der Waals surface area (Å²) in [6, 6.07) is 12.7. The summed E-state index contributed by atoms with van der Waals surface area (Å²) in [5, 5.41) is 3.36. The molecule has 0 saturated heterocycles. The summed E-state index contributed by atoms with van der Waals surface area (Å²) >= 11 is 3.45. The summed E-state index contributed by atoms with van der Waals surface area (Å²) in [4.78, 5) is 26.7. The zero-order chi connectivity index (χ0) is 22.5. The molecular formula is C23H22INO5S. The van der Waals surface area contributed by atoms with Gasteiger partial charge in [0.2, 0.25) is 0 Å². The lowest BCUT2D eigenvalue weighted by molar-refractivity contribution is 0.0529. The fourth-order valence-corrected chi connectivity index (χ4v) is 4.88. The number of methoxy groups -OCH3 is 2. The molecule has 0 spiro atoms. The van der Waals surface area contributed by atoms with Gasteiger partial charge in [0.1, 0.15) is 10.6 Å². The first-order valence-corrected chi connectivity index (χ1v) is 11.4. The van der Waals surface area contributed by atoms with Gasteiger partial charge in [-0.2, -0.15) is 0 Å². The number of ether oxygens (including phenoxy) is 3. The third-order valence-electron chi connectivity index (χ3n) is 4.58. The number of thiophene rings is 1. The van der Waals surface area contributed by atoms with Crippen molar-refractivity contribution in [1.82, 2.24) is 0 Å². The van der Waals surface area contributed by atoms with Gasteiger partial charge in [-0.15, -0.1) is 11.3 Å². The number of halogens is 1. The van der Waals surface area contributed by atoms with E-state index in [0.29, 0.717) is 33.2 Å². The van der Waals surface area contributed by atoms with Crippen molar-refractivity contribution < 1.29 is 23.8 Å². The van der Waals surface area contributed by atoms with E-state index in [0.717, 1.165) is 14.0 Å². The molecule has 1 N–H and O–H groups in total. The third-order valence-corrected chi connectivity index (χ3v) is 6.54. The molecule has 31 heavy (non-hydrogen) atoms. The predicted molar refractivity (Wildman–Crippen MR) is 131 cm³/mol. The molecule has 3 rings (SSSR count). The van der Waals surface area contributed by atoms with Gasteiger partial charge in [0.05, 0.1) is 26.4 Å². The Balaban J connectivity index is 2.11. The van der Waals surface area contributed by atoms with Crippen LogP contribution >= 0.6 is 33.9 Å². The van der Waals surface area contributed by atoms with Crippen molar-refractivity contribution in [3.8, 4) is 22.6 Å². The van der Waals surface area contributed by atoms with Crippen molar-refractivity contribution in [2.24, 2.45) is 0 Å². The maximum absolute atomic E-state index is 12.9. The second-order valence-electron chi connectivity index (χ2n) is 6.46. The zero-order valence-corrected chi connectivity index (χ0v) is 20.6. The summed E-state index contributed by atoms with van der Waals surface area (Å²) in [5.74, 6) is 0.360. The number of esters is 1. The Morgan fingerprint density at radius 2 is 1.77 bits per heavy atom. The maximum atomic E-state index is 12.9. The van der Waals surface area contributed by atoms with Crippen LogP contribution in [-0.4, -0.2) is 32.7 Å². The van der Waals surface area contributed by atoms with Crippen molar-refractivity contribution >= 4 is 50.8 Å². The van der Waals surface area contributed by atoms with Crippen molar-refractivity contribution in [2.75, 3.05) is 26.1 Å². The molecule has 0 aliphatic heterocycles. The topological polar surface area (TPSA) is 73.9 Å². The zero-order valence-electron chi connectivity index (χ0n) is 17.6. The number of anilines is 1. The fraction of sp³-hybridized carbons (Fsp3) is 0.217. The lowest BCUT2D eigenvalue weighted by Crippen LogP contribution is -2.15. The molecule has 1 amide bonds. The van der Waals surface area contributed by atoms with Crippen molar-refractivity contribution in [3.63, 3.8) is 0 Å². The summed E-state index contributed by atoms with van der Waals surface area (Å²) in [7, 11) is 3.12. The van der Waals surface area contributed by atoms with E-state index in [1.807, 2.05) is 31.2 Å². The van der Waals surface area contributed by atoms with Gasteiger partial charge in [0, 0.05) is 14.0 Å². The Bertz CT molecular complexity index is 1130. The summed E-state index contributed by atoms with van der Waals surface area (Å²) in [6.45, 7) is 3.88. The van der Waals surface area contributed by atoms with Crippen LogP contribution in [0.3, 0.4) is 0 Å². The minimum Gasteiger partial charge on any atom is -0.493 e.